The smallest absolute Gasteiger partial charge is 0.266 e. The Balaban J connectivity index is 1.59. The van der Waals surface area contributed by atoms with Gasteiger partial charge in [0.25, 0.3) is 11.8 Å². The minimum absolute atomic E-state index is 0.217. The maximum Gasteiger partial charge on any atom is 0.266 e. The van der Waals surface area contributed by atoms with Crippen LogP contribution in [0.25, 0.3) is 0 Å². The Hall–Kier alpha value is -2.71. The van der Waals surface area contributed by atoms with Crippen LogP contribution in [0.1, 0.15) is 13.8 Å². The molecule has 0 aliphatic rings. The van der Waals surface area contributed by atoms with Crippen molar-refractivity contribution in [3.05, 3.63) is 74.7 Å². The molecule has 0 fully saturated rings. The zero-order valence-corrected chi connectivity index (χ0v) is 21.0. The molecule has 3 rings (SSSR count). The fourth-order valence-electron chi connectivity index (χ4n) is 2.66. The molecule has 0 aliphatic carbocycles. The molecule has 1 heterocycles. The number of halogens is 4. The molecule has 2 aromatic carbocycles. The molecular formula is C23H19Cl4N3O4. The fourth-order valence-corrected chi connectivity index (χ4v) is 3.57. The van der Waals surface area contributed by atoms with Gasteiger partial charge in [0.15, 0.2) is 12.2 Å². The van der Waals surface area contributed by atoms with E-state index in [1.54, 1.807) is 56.3 Å². The Bertz CT molecular complexity index is 1120. The average molecular weight is 543 g/mol. The quantitative estimate of drug-likeness (QED) is 0.339. The number of anilines is 2. The van der Waals surface area contributed by atoms with E-state index in [0.29, 0.717) is 21.5 Å². The van der Waals surface area contributed by atoms with Crippen molar-refractivity contribution >= 4 is 69.9 Å². The van der Waals surface area contributed by atoms with Crippen molar-refractivity contribution in [1.29, 1.82) is 0 Å². The number of aromatic nitrogens is 1. The molecule has 0 radical (unpaired) electrons. The lowest BCUT2D eigenvalue weighted by atomic mass is 10.3. The van der Waals surface area contributed by atoms with Crippen LogP contribution < -0.4 is 20.1 Å². The molecule has 1 aromatic heterocycles. The third-order valence-electron chi connectivity index (χ3n) is 4.39. The van der Waals surface area contributed by atoms with Gasteiger partial charge in [0, 0.05) is 10.0 Å². The first-order chi connectivity index (χ1) is 16.1. The largest absolute Gasteiger partial charge is 0.479 e. The Labute approximate surface area is 216 Å². The molecule has 2 atom stereocenters. The van der Waals surface area contributed by atoms with Crippen LogP contribution in [0.3, 0.4) is 0 Å². The van der Waals surface area contributed by atoms with Crippen LogP contribution in [-0.2, 0) is 9.59 Å². The lowest BCUT2D eigenvalue weighted by Crippen LogP contribution is -2.31. The standard InChI is InChI=1S/C23H19Cl4N3O4/c1-12(33-18-8-6-14(24)10-16(18)26)22(31)29-20-4-3-5-21(28-20)30-23(32)13(2)34-19-9-7-15(25)11-17(19)27/h3-13H,1-2H3,(H2,28,29,30,31,32)/t12-,13-/m0/s1. The highest BCUT2D eigenvalue weighted by Crippen LogP contribution is 2.29. The van der Waals surface area contributed by atoms with E-state index in [0.717, 1.165) is 0 Å². The molecule has 2 amide bonds. The first kappa shape index (κ1) is 25.9. The molecule has 2 N–H and O–H groups in total. The minimum Gasteiger partial charge on any atom is -0.479 e. The molecule has 0 bridgehead atoms. The number of hydrogen-bond acceptors (Lipinski definition) is 5. The number of amides is 2. The van der Waals surface area contributed by atoms with Gasteiger partial charge in [-0.05, 0) is 62.4 Å². The van der Waals surface area contributed by atoms with Crippen LogP contribution in [0.15, 0.2) is 54.6 Å². The third-order valence-corrected chi connectivity index (χ3v) is 5.45. The second kappa shape index (κ2) is 11.6. The number of carbonyl (C=O) groups is 2. The van der Waals surface area contributed by atoms with Gasteiger partial charge in [-0.1, -0.05) is 52.5 Å². The predicted molar refractivity (Wildman–Crippen MR) is 135 cm³/mol. The molecule has 0 unspecified atom stereocenters. The number of carbonyl (C=O) groups excluding carboxylic acids is 2. The lowest BCUT2D eigenvalue weighted by molar-refractivity contribution is -0.122. The van der Waals surface area contributed by atoms with Gasteiger partial charge >= 0.3 is 0 Å². The van der Waals surface area contributed by atoms with E-state index in [1.165, 1.54) is 12.1 Å². The molecule has 7 nitrogen and oxygen atoms in total. The summed E-state index contributed by atoms with van der Waals surface area (Å²) in [5.41, 5.74) is 0. The van der Waals surface area contributed by atoms with E-state index >= 15 is 0 Å². The van der Waals surface area contributed by atoms with Crippen molar-refractivity contribution in [2.24, 2.45) is 0 Å². The summed E-state index contributed by atoms with van der Waals surface area (Å²) in [6.07, 6.45) is -1.76. The summed E-state index contributed by atoms with van der Waals surface area (Å²) < 4.78 is 11.2. The predicted octanol–water partition coefficient (Wildman–Crippen LogP) is 6.51. The summed E-state index contributed by atoms with van der Waals surface area (Å²) in [7, 11) is 0. The van der Waals surface area contributed by atoms with Crippen LogP contribution in [0.5, 0.6) is 11.5 Å². The second-order valence-electron chi connectivity index (χ2n) is 7.06. The van der Waals surface area contributed by atoms with Gasteiger partial charge in [0.1, 0.15) is 23.1 Å². The van der Waals surface area contributed by atoms with Crippen LogP contribution in [0, 0.1) is 0 Å². The molecule has 0 saturated heterocycles. The van der Waals surface area contributed by atoms with Gasteiger partial charge in [-0.2, -0.15) is 0 Å². The van der Waals surface area contributed by atoms with E-state index in [-0.39, 0.29) is 21.7 Å². The monoisotopic (exact) mass is 541 g/mol. The molecule has 3 aromatic rings. The maximum atomic E-state index is 12.5. The highest BCUT2D eigenvalue weighted by atomic mass is 35.5. The van der Waals surface area contributed by atoms with E-state index < -0.39 is 24.0 Å². The summed E-state index contributed by atoms with van der Waals surface area (Å²) in [6, 6.07) is 14.2. The minimum atomic E-state index is -0.878. The lowest BCUT2D eigenvalue weighted by Gasteiger charge is -2.17. The van der Waals surface area contributed by atoms with Crippen LogP contribution in [0.2, 0.25) is 20.1 Å². The van der Waals surface area contributed by atoms with Crippen LogP contribution >= 0.6 is 46.4 Å². The van der Waals surface area contributed by atoms with Gasteiger partial charge in [0.2, 0.25) is 0 Å². The van der Waals surface area contributed by atoms with Gasteiger partial charge in [-0.3, -0.25) is 9.59 Å². The normalized spacial score (nSPS) is 12.4. The number of hydrogen-bond donors (Lipinski definition) is 2. The van der Waals surface area contributed by atoms with E-state index in [4.69, 9.17) is 55.9 Å². The Morgan fingerprint density at radius 3 is 1.53 bits per heavy atom. The molecule has 178 valence electrons. The number of nitrogens with zero attached hydrogens (tertiary/aromatic N) is 1. The number of ether oxygens (including phenoxy) is 2. The summed E-state index contributed by atoms with van der Waals surface area (Å²) >= 11 is 23.9. The average Bonchev–Trinajstić information content (AvgIpc) is 2.77. The number of benzene rings is 2. The van der Waals surface area contributed by atoms with Crippen LogP contribution in [0.4, 0.5) is 11.6 Å². The Kier molecular flexibility index (Phi) is 8.85. The summed E-state index contributed by atoms with van der Waals surface area (Å²) in [4.78, 5) is 29.3. The molecule has 11 heteroatoms. The highest BCUT2D eigenvalue weighted by molar-refractivity contribution is 6.36. The topological polar surface area (TPSA) is 89.6 Å². The first-order valence-electron chi connectivity index (χ1n) is 9.94. The molecule has 34 heavy (non-hydrogen) atoms. The van der Waals surface area contributed by atoms with Crippen molar-refractivity contribution in [2.45, 2.75) is 26.1 Å². The Morgan fingerprint density at radius 1 is 0.735 bits per heavy atom. The summed E-state index contributed by atoms with van der Waals surface area (Å²) in [5, 5.41) is 6.73. The van der Waals surface area contributed by atoms with Gasteiger partial charge in [-0.25, -0.2) is 4.98 Å². The molecule has 0 spiro atoms. The molecular weight excluding hydrogens is 524 g/mol. The van der Waals surface area contributed by atoms with Gasteiger partial charge < -0.3 is 20.1 Å². The zero-order chi connectivity index (χ0) is 24.8. The van der Waals surface area contributed by atoms with Gasteiger partial charge in [-0.15, -0.1) is 0 Å². The third kappa shape index (κ3) is 7.14. The van der Waals surface area contributed by atoms with Crippen molar-refractivity contribution < 1.29 is 19.1 Å². The maximum absolute atomic E-state index is 12.5. The van der Waals surface area contributed by atoms with Crippen molar-refractivity contribution in [1.82, 2.24) is 4.98 Å². The summed E-state index contributed by atoms with van der Waals surface area (Å²) in [5.74, 6) is 0.145. The van der Waals surface area contributed by atoms with Gasteiger partial charge in [0.05, 0.1) is 10.0 Å². The molecule has 0 aliphatic heterocycles. The van der Waals surface area contributed by atoms with Crippen molar-refractivity contribution in [3.8, 4) is 11.5 Å². The summed E-state index contributed by atoms with van der Waals surface area (Å²) in [6.45, 7) is 3.12. The zero-order valence-electron chi connectivity index (χ0n) is 17.9. The number of nitrogens with one attached hydrogen (secondary N) is 2. The molecule has 0 saturated carbocycles. The number of rotatable bonds is 8. The van der Waals surface area contributed by atoms with E-state index in [1.807, 2.05) is 0 Å². The Morgan fingerprint density at radius 2 is 1.15 bits per heavy atom. The number of pyridine rings is 1. The van der Waals surface area contributed by atoms with Crippen LogP contribution in [-0.4, -0.2) is 29.0 Å². The second-order valence-corrected chi connectivity index (χ2v) is 8.74. The van der Waals surface area contributed by atoms with Crippen molar-refractivity contribution in [2.75, 3.05) is 10.6 Å². The fraction of sp³-hybridized carbons (Fsp3) is 0.174. The SMILES string of the molecule is C[C@H](Oc1ccc(Cl)cc1Cl)C(=O)Nc1cccc(NC(=O)[C@H](C)Oc2ccc(Cl)cc2Cl)n1. The highest BCUT2D eigenvalue weighted by Gasteiger charge is 2.19. The van der Waals surface area contributed by atoms with Crippen molar-refractivity contribution in [3.63, 3.8) is 0 Å². The first-order valence-corrected chi connectivity index (χ1v) is 11.5. The van der Waals surface area contributed by atoms with E-state index in [2.05, 4.69) is 15.6 Å². The van der Waals surface area contributed by atoms with E-state index in [9.17, 15) is 9.59 Å².